The van der Waals surface area contributed by atoms with Crippen molar-refractivity contribution in [3.63, 3.8) is 0 Å². The van der Waals surface area contributed by atoms with E-state index < -0.39 is 0 Å². The Morgan fingerprint density at radius 3 is 2.88 bits per heavy atom. The average Bonchev–Trinajstić information content (AvgIpc) is 3.28. The number of H-pyrrole nitrogens is 1. The fourth-order valence-electron chi connectivity index (χ4n) is 2.28. The standard InChI is InChI=1S/C18H16FN3O2S/c19-15-3-1-13(2-4-15)18-14(9-21-22-18)8-20-17(24)6-5-16-7-12(10-23)11-25-16/h1-7,9,11,23H,8,10H2,(H,20,24)(H,21,22). The molecule has 0 fully saturated rings. The van der Waals surface area contributed by atoms with Crippen molar-refractivity contribution in [1.29, 1.82) is 0 Å². The second-order valence-corrected chi connectivity index (χ2v) is 6.29. The molecule has 0 atom stereocenters. The Balaban J connectivity index is 1.61. The predicted molar refractivity (Wildman–Crippen MR) is 95.1 cm³/mol. The molecule has 0 aliphatic heterocycles. The summed E-state index contributed by atoms with van der Waals surface area (Å²) in [4.78, 5) is 12.9. The fraction of sp³-hybridized carbons (Fsp3) is 0.111. The monoisotopic (exact) mass is 357 g/mol. The average molecular weight is 357 g/mol. The number of rotatable bonds is 6. The third kappa shape index (κ3) is 4.40. The molecule has 0 spiro atoms. The first kappa shape index (κ1) is 17.1. The van der Waals surface area contributed by atoms with E-state index in [0.29, 0.717) is 6.54 Å². The number of thiophene rings is 1. The quantitative estimate of drug-likeness (QED) is 0.593. The summed E-state index contributed by atoms with van der Waals surface area (Å²) in [6.07, 6.45) is 4.79. The molecule has 0 aliphatic rings. The molecule has 2 heterocycles. The van der Waals surface area contributed by atoms with Crippen LogP contribution in [0, 0.1) is 5.82 Å². The summed E-state index contributed by atoms with van der Waals surface area (Å²) in [7, 11) is 0. The maximum absolute atomic E-state index is 13.0. The Morgan fingerprint density at radius 2 is 2.16 bits per heavy atom. The topological polar surface area (TPSA) is 78.0 Å². The van der Waals surface area contributed by atoms with Crippen molar-refractivity contribution in [2.75, 3.05) is 0 Å². The van der Waals surface area contributed by atoms with Crippen LogP contribution in [0.15, 0.2) is 48.0 Å². The summed E-state index contributed by atoms with van der Waals surface area (Å²) in [5, 5.41) is 20.5. The number of hydrogen-bond acceptors (Lipinski definition) is 4. The van der Waals surface area contributed by atoms with Crippen LogP contribution in [0.1, 0.15) is 16.0 Å². The van der Waals surface area contributed by atoms with Gasteiger partial charge >= 0.3 is 0 Å². The van der Waals surface area contributed by atoms with Crippen molar-refractivity contribution >= 4 is 23.3 Å². The molecule has 128 valence electrons. The molecule has 25 heavy (non-hydrogen) atoms. The Morgan fingerprint density at radius 1 is 1.36 bits per heavy atom. The number of carbonyl (C=O) groups is 1. The third-order valence-electron chi connectivity index (χ3n) is 3.56. The lowest BCUT2D eigenvalue weighted by Gasteiger charge is -2.04. The SMILES string of the molecule is O=C(C=Cc1cc(CO)cs1)NCc1cn[nH]c1-c1ccc(F)cc1. The number of aliphatic hydroxyl groups is 1. The third-order valence-corrected chi connectivity index (χ3v) is 4.51. The highest BCUT2D eigenvalue weighted by molar-refractivity contribution is 7.11. The lowest BCUT2D eigenvalue weighted by atomic mass is 10.1. The number of nitrogens with one attached hydrogen (secondary N) is 2. The molecule has 0 saturated heterocycles. The number of aromatic amines is 1. The maximum Gasteiger partial charge on any atom is 0.244 e. The Bertz CT molecular complexity index is 884. The first-order chi connectivity index (χ1) is 12.2. The van der Waals surface area contributed by atoms with Crippen molar-refractivity contribution in [1.82, 2.24) is 15.5 Å². The lowest BCUT2D eigenvalue weighted by Crippen LogP contribution is -2.20. The van der Waals surface area contributed by atoms with E-state index in [2.05, 4.69) is 15.5 Å². The largest absolute Gasteiger partial charge is 0.392 e. The Kier molecular flexibility index (Phi) is 5.37. The molecule has 0 unspecified atom stereocenters. The van der Waals surface area contributed by atoms with Crippen LogP contribution in [0.3, 0.4) is 0 Å². The smallest absolute Gasteiger partial charge is 0.244 e. The number of carbonyl (C=O) groups excluding carboxylic acids is 1. The Labute approximate surface area is 147 Å². The fourth-order valence-corrected chi connectivity index (χ4v) is 3.07. The molecule has 3 aromatic rings. The summed E-state index contributed by atoms with van der Waals surface area (Å²) in [6, 6.07) is 7.90. The highest BCUT2D eigenvalue weighted by Crippen LogP contribution is 2.21. The van der Waals surface area contributed by atoms with Gasteiger partial charge in [-0.2, -0.15) is 5.10 Å². The molecule has 0 radical (unpaired) electrons. The lowest BCUT2D eigenvalue weighted by molar-refractivity contribution is -0.116. The zero-order valence-corrected chi connectivity index (χ0v) is 14.0. The van der Waals surface area contributed by atoms with E-state index in [1.54, 1.807) is 24.4 Å². The number of amides is 1. The van der Waals surface area contributed by atoms with E-state index in [4.69, 9.17) is 5.11 Å². The van der Waals surface area contributed by atoms with Crippen LogP contribution in [0.4, 0.5) is 4.39 Å². The Hall–Kier alpha value is -2.77. The van der Waals surface area contributed by atoms with Crippen molar-refractivity contribution in [3.8, 4) is 11.3 Å². The van der Waals surface area contributed by atoms with E-state index in [9.17, 15) is 9.18 Å². The second kappa shape index (κ2) is 7.87. The number of aliphatic hydroxyl groups excluding tert-OH is 1. The van der Waals surface area contributed by atoms with Crippen LogP contribution < -0.4 is 5.32 Å². The van der Waals surface area contributed by atoms with Gasteiger partial charge in [0, 0.05) is 28.6 Å². The number of aromatic nitrogens is 2. The summed E-state index contributed by atoms with van der Waals surface area (Å²) in [5.74, 6) is -0.536. The van der Waals surface area contributed by atoms with E-state index in [1.807, 2.05) is 11.4 Å². The highest BCUT2D eigenvalue weighted by Gasteiger charge is 2.08. The van der Waals surface area contributed by atoms with Gasteiger partial charge in [-0.05, 0) is 47.4 Å². The zero-order valence-electron chi connectivity index (χ0n) is 13.2. The van der Waals surface area contributed by atoms with Crippen LogP contribution >= 0.6 is 11.3 Å². The first-order valence-corrected chi connectivity index (χ1v) is 8.46. The van der Waals surface area contributed by atoms with E-state index in [0.717, 1.165) is 27.3 Å². The molecule has 0 bridgehead atoms. The first-order valence-electron chi connectivity index (χ1n) is 7.58. The normalized spacial score (nSPS) is 11.1. The number of hydrogen-bond donors (Lipinski definition) is 3. The minimum absolute atomic E-state index is 0.0107. The van der Waals surface area contributed by atoms with Crippen LogP contribution in [-0.2, 0) is 17.9 Å². The molecule has 3 N–H and O–H groups in total. The second-order valence-electron chi connectivity index (χ2n) is 5.34. The summed E-state index contributed by atoms with van der Waals surface area (Å²) in [5.41, 5.74) is 3.18. The molecular weight excluding hydrogens is 341 g/mol. The predicted octanol–water partition coefficient (Wildman–Crippen LogP) is 3.10. The zero-order chi connectivity index (χ0) is 17.6. The van der Waals surface area contributed by atoms with Gasteiger partial charge in [-0.25, -0.2) is 4.39 Å². The molecule has 3 rings (SSSR count). The van der Waals surface area contributed by atoms with Gasteiger partial charge in [0.2, 0.25) is 5.91 Å². The van der Waals surface area contributed by atoms with Crippen molar-refractivity contribution in [2.45, 2.75) is 13.2 Å². The molecule has 7 heteroatoms. The summed E-state index contributed by atoms with van der Waals surface area (Å²) >= 11 is 1.46. The van der Waals surface area contributed by atoms with Crippen LogP contribution in [0.5, 0.6) is 0 Å². The van der Waals surface area contributed by atoms with Crippen LogP contribution in [0.25, 0.3) is 17.3 Å². The number of halogens is 1. The maximum atomic E-state index is 13.0. The molecule has 0 saturated carbocycles. The molecule has 0 aliphatic carbocycles. The van der Waals surface area contributed by atoms with Gasteiger partial charge < -0.3 is 10.4 Å². The summed E-state index contributed by atoms with van der Waals surface area (Å²) < 4.78 is 13.0. The van der Waals surface area contributed by atoms with Gasteiger partial charge in [-0.3, -0.25) is 9.89 Å². The van der Waals surface area contributed by atoms with Crippen molar-refractivity contribution in [2.24, 2.45) is 0 Å². The molecule has 5 nitrogen and oxygen atoms in total. The van der Waals surface area contributed by atoms with Crippen molar-refractivity contribution < 1.29 is 14.3 Å². The minimum Gasteiger partial charge on any atom is -0.392 e. The van der Waals surface area contributed by atoms with Gasteiger partial charge in [0.15, 0.2) is 0 Å². The van der Waals surface area contributed by atoms with Gasteiger partial charge in [0.25, 0.3) is 0 Å². The van der Waals surface area contributed by atoms with Crippen LogP contribution in [0.2, 0.25) is 0 Å². The number of benzene rings is 1. The number of nitrogens with zero attached hydrogens (tertiary/aromatic N) is 1. The van der Waals surface area contributed by atoms with E-state index >= 15 is 0 Å². The van der Waals surface area contributed by atoms with E-state index in [1.165, 1.54) is 29.5 Å². The van der Waals surface area contributed by atoms with E-state index in [-0.39, 0.29) is 18.3 Å². The van der Waals surface area contributed by atoms with Crippen LogP contribution in [-0.4, -0.2) is 21.2 Å². The minimum atomic E-state index is -0.304. The summed E-state index contributed by atoms with van der Waals surface area (Å²) in [6.45, 7) is 0.294. The van der Waals surface area contributed by atoms with Gasteiger partial charge in [0.1, 0.15) is 5.82 Å². The molecule has 1 amide bonds. The molecule has 1 aromatic carbocycles. The van der Waals surface area contributed by atoms with Gasteiger partial charge in [0.05, 0.1) is 18.5 Å². The van der Waals surface area contributed by atoms with Crippen molar-refractivity contribution in [3.05, 3.63) is 69.8 Å². The molecular formula is C18H16FN3O2S. The van der Waals surface area contributed by atoms with Gasteiger partial charge in [-0.1, -0.05) is 0 Å². The van der Waals surface area contributed by atoms with Gasteiger partial charge in [-0.15, -0.1) is 11.3 Å². The highest BCUT2D eigenvalue weighted by atomic mass is 32.1. The molecule has 2 aromatic heterocycles.